The molecule has 1 unspecified atom stereocenters. The number of aryl methyl sites for hydroxylation is 1. The monoisotopic (exact) mass is 300 g/mol. The zero-order valence-electron chi connectivity index (χ0n) is 13.4. The van der Waals surface area contributed by atoms with E-state index in [0.717, 1.165) is 32.8 Å². The molecule has 0 amide bonds. The molecule has 0 aromatic carbocycles. The summed E-state index contributed by atoms with van der Waals surface area (Å²) >= 11 is 1.88. The Balaban J connectivity index is 2.71. The molecule has 0 aliphatic rings. The minimum atomic E-state index is 0.391. The number of nitrogens with zero attached hydrogens (tertiary/aromatic N) is 1. The van der Waals surface area contributed by atoms with Crippen molar-refractivity contribution in [3.8, 4) is 0 Å². The largest absolute Gasteiger partial charge is 0.383 e. The molecule has 0 bridgehead atoms. The van der Waals surface area contributed by atoms with E-state index in [1.54, 1.807) is 14.2 Å². The first-order valence-electron chi connectivity index (χ1n) is 7.07. The van der Waals surface area contributed by atoms with Crippen molar-refractivity contribution in [3.63, 3.8) is 0 Å². The molecule has 0 aliphatic heterocycles. The van der Waals surface area contributed by atoms with Crippen LogP contribution >= 0.6 is 11.3 Å². The van der Waals surface area contributed by atoms with Crippen LogP contribution in [-0.4, -0.2) is 52.0 Å². The summed E-state index contributed by atoms with van der Waals surface area (Å²) in [4.78, 5) is 5.22. The third kappa shape index (κ3) is 5.50. The smallest absolute Gasteiger partial charge is 0.0615 e. The summed E-state index contributed by atoms with van der Waals surface area (Å²) in [6.07, 6.45) is 0. The van der Waals surface area contributed by atoms with Crippen molar-refractivity contribution < 1.29 is 9.47 Å². The van der Waals surface area contributed by atoms with Gasteiger partial charge in [0.15, 0.2) is 0 Å². The van der Waals surface area contributed by atoms with Gasteiger partial charge in [-0.05, 0) is 32.5 Å². The Kier molecular flexibility index (Phi) is 8.33. The second kappa shape index (κ2) is 9.47. The lowest BCUT2D eigenvalue weighted by molar-refractivity contribution is 0.0705. The van der Waals surface area contributed by atoms with Crippen molar-refractivity contribution in [2.45, 2.75) is 33.0 Å². The molecule has 0 aliphatic carbocycles. The Hall–Kier alpha value is -0.460. The molecule has 1 aromatic rings. The van der Waals surface area contributed by atoms with Gasteiger partial charge in [0.25, 0.3) is 0 Å². The van der Waals surface area contributed by atoms with Crippen LogP contribution in [0.5, 0.6) is 0 Å². The summed E-state index contributed by atoms with van der Waals surface area (Å²) < 4.78 is 10.5. The van der Waals surface area contributed by atoms with Gasteiger partial charge in [-0.2, -0.15) is 0 Å². The van der Waals surface area contributed by atoms with Gasteiger partial charge in [-0.15, -0.1) is 11.3 Å². The molecule has 0 radical (unpaired) electrons. The summed E-state index contributed by atoms with van der Waals surface area (Å²) in [6, 6.07) is 2.71. The number of ether oxygens (including phenoxy) is 2. The highest BCUT2D eigenvalue weighted by Gasteiger charge is 2.16. The van der Waals surface area contributed by atoms with Crippen molar-refractivity contribution in [1.29, 1.82) is 0 Å². The fraction of sp³-hybridized carbons (Fsp3) is 0.733. The Morgan fingerprint density at radius 2 is 2.10 bits per heavy atom. The van der Waals surface area contributed by atoms with Crippen LogP contribution in [0.4, 0.5) is 0 Å². The van der Waals surface area contributed by atoms with Crippen LogP contribution in [-0.2, 0) is 22.6 Å². The molecular formula is C15H28N2O2S. The predicted octanol–water partition coefficient (Wildman–Crippen LogP) is 2.26. The molecule has 4 nitrogen and oxygen atoms in total. The molecule has 1 rings (SSSR count). The molecular weight excluding hydrogens is 272 g/mol. The van der Waals surface area contributed by atoms with Gasteiger partial charge in [0.2, 0.25) is 0 Å². The third-order valence-electron chi connectivity index (χ3n) is 3.41. The van der Waals surface area contributed by atoms with E-state index in [1.165, 1.54) is 15.3 Å². The lowest BCUT2D eigenvalue weighted by atomic mass is 10.2. The van der Waals surface area contributed by atoms with Crippen LogP contribution in [0.25, 0.3) is 0 Å². The normalized spacial score (nSPS) is 13.1. The second-order valence-electron chi connectivity index (χ2n) is 5.09. The van der Waals surface area contributed by atoms with E-state index in [2.05, 4.69) is 30.1 Å². The molecule has 116 valence electrons. The number of rotatable bonds is 10. The number of thiophene rings is 1. The third-order valence-corrected chi connectivity index (χ3v) is 4.50. The zero-order valence-corrected chi connectivity index (χ0v) is 14.2. The molecule has 0 saturated carbocycles. The molecule has 1 heterocycles. The van der Waals surface area contributed by atoms with Gasteiger partial charge in [0.1, 0.15) is 0 Å². The summed E-state index contributed by atoms with van der Waals surface area (Å²) in [5.74, 6) is 0. The summed E-state index contributed by atoms with van der Waals surface area (Å²) in [6.45, 7) is 8.73. The van der Waals surface area contributed by atoms with E-state index in [4.69, 9.17) is 9.47 Å². The van der Waals surface area contributed by atoms with Crippen molar-refractivity contribution in [2.75, 3.05) is 41.0 Å². The summed E-state index contributed by atoms with van der Waals surface area (Å²) in [5, 5.41) is 3.21. The maximum atomic E-state index is 5.29. The van der Waals surface area contributed by atoms with Gasteiger partial charge in [-0.25, -0.2) is 0 Å². The van der Waals surface area contributed by atoms with Crippen LogP contribution in [0, 0.1) is 6.92 Å². The molecule has 0 fully saturated rings. The fourth-order valence-corrected chi connectivity index (χ4v) is 3.30. The number of methoxy groups -OCH3 is 2. The molecule has 1 N–H and O–H groups in total. The predicted molar refractivity (Wildman–Crippen MR) is 85.4 cm³/mol. The van der Waals surface area contributed by atoms with Gasteiger partial charge >= 0.3 is 0 Å². The maximum Gasteiger partial charge on any atom is 0.0615 e. The van der Waals surface area contributed by atoms with E-state index in [1.807, 2.05) is 18.4 Å². The topological polar surface area (TPSA) is 33.7 Å². The van der Waals surface area contributed by atoms with Crippen molar-refractivity contribution in [3.05, 3.63) is 21.4 Å². The minimum Gasteiger partial charge on any atom is -0.383 e. The summed E-state index contributed by atoms with van der Waals surface area (Å²) in [7, 11) is 5.49. The Bertz CT molecular complexity index is 382. The Morgan fingerprint density at radius 1 is 1.35 bits per heavy atom. The molecule has 20 heavy (non-hydrogen) atoms. The molecule has 0 saturated heterocycles. The van der Waals surface area contributed by atoms with Crippen molar-refractivity contribution in [2.24, 2.45) is 0 Å². The molecule has 1 atom stereocenters. The van der Waals surface area contributed by atoms with Gasteiger partial charge in [0.05, 0.1) is 13.2 Å². The second-order valence-corrected chi connectivity index (χ2v) is 6.43. The quantitative estimate of drug-likeness (QED) is 0.719. The highest BCUT2D eigenvalue weighted by atomic mass is 32.1. The zero-order chi connectivity index (χ0) is 15.0. The Morgan fingerprint density at radius 3 is 2.70 bits per heavy atom. The first-order valence-corrected chi connectivity index (χ1v) is 7.88. The van der Waals surface area contributed by atoms with E-state index < -0.39 is 0 Å². The van der Waals surface area contributed by atoms with Gasteiger partial charge < -0.3 is 14.8 Å². The number of hydrogen-bond donors (Lipinski definition) is 1. The van der Waals surface area contributed by atoms with Crippen LogP contribution < -0.4 is 5.32 Å². The fourth-order valence-electron chi connectivity index (χ4n) is 2.24. The highest BCUT2D eigenvalue weighted by Crippen LogP contribution is 2.23. The van der Waals surface area contributed by atoms with Gasteiger partial charge in [-0.3, -0.25) is 4.90 Å². The standard InChI is InChI=1S/C15H28N2O2S/c1-12(11-19-5)17(6-7-18-4)10-14-8-15(9-16-3)20-13(14)2/h8,12,16H,6-7,9-11H2,1-5H3. The molecule has 1 aromatic heterocycles. The average Bonchev–Trinajstić information content (AvgIpc) is 2.75. The SMILES string of the molecule is CNCc1cc(CN(CCOC)C(C)COC)c(C)s1. The molecule has 0 spiro atoms. The highest BCUT2D eigenvalue weighted by molar-refractivity contribution is 7.12. The lowest BCUT2D eigenvalue weighted by Crippen LogP contribution is -2.38. The van der Waals surface area contributed by atoms with Crippen LogP contribution in [0.1, 0.15) is 22.2 Å². The Labute approximate surface area is 127 Å². The van der Waals surface area contributed by atoms with Gasteiger partial charge in [-0.1, -0.05) is 0 Å². The molecule has 5 heteroatoms. The lowest BCUT2D eigenvalue weighted by Gasteiger charge is -2.28. The van der Waals surface area contributed by atoms with E-state index in [-0.39, 0.29) is 0 Å². The van der Waals surface area contributed by atoms with E-state index in [0.29, 0.717) is 6.04 Å². The average molecular weight is 300 g/mol. The maximum absolute atomic E-state index is 5.29. The van der Waals surface area contributed by atoms with Crippen LogP contribution in [0.15, 0.2) is 6.07 Å². The van der Waals surface area contributed by atoms with Crippen molar-refractivity contribution >= 4 is 11.3 Å². The number of nitrogens with one attached hydrogen (secondary N) is 1. The van der Waals surface area contributed by atoms with Crippen molar-refractivity contribution in [1.82, 2.24) is 10.2 Å². The number of hydrogen-bond acceptors (Lipinski definition) is 5. The van der Waals surface area contributed by atoms with Gasteiger partial charge in [0, 0.05) is 49.6 Å². The van der Waals surface area contributed by atoms with E-state index >= 15 is 0 Å². The van der Waals surface area contributed by atoms with E-state index in [9.17, 15) is 0 Å². The van der Waals surface area contributed by atoms with Crippen LogP contribution in [0.2, 0.25) is 0 Å². The first kappa shape index (κ1) is 17.6. The minimum absolute atomic E-state index is 0.391. The van der Waals surface area contributed by atoms with Crippen LogP contribution in [0.3, 0.4) is 0 Å². The first-order chi connectivity index (χ1) is 9.62. The summed E-state index contributed by atoms with van der Waals surface area (Å²) in [5.41, 5.74) is 1.42.